The van der Waals surface area contributed by atoms with Crippen LogP contribution in [-0.4, -0.2) is 128 Å². The van der Waals surface area contributed by atoms with Gasteiger partial charge in [-0.1, -0.05) is 27.7 Å². The van der Waals surface area contributed by atoms with Gasteiger partial charge in [0.25, 0.3) is 0 Å². The predicted molar refractivity (Wildman–Crippen MR) is 187 cm³/mol. The Labute approximate surface area is 310 Å². The Morgan fingerprint density at radius 3 is 1.76 bits per heavy atom. The van der Waals surface area contributed by atoms with Crippen LogP contribution in [0.1, 0.15) is 65.5 Å². The number of nitrogens with two attached hydrogens (primary N) is 2. The van der Waals surface area contributed by atoms with Crippen molar-refractivity contribution in [2.45, 2.75) is 102 Å². The number of carboxylic acid groups (broad SMARTS) is 2. The molecule has 0 aliphatic carbocycles. The summed E-state index contributed by atoms with van der Waals surface area (Å²) >= 11 is 0. The summed E-state index contributed by atoms with van der Waals surface area (Å²) in [5.74, 6) is -9.69. The average Bonchev–Trinajstić information content (AvgIpc) is 3.60. The Hall–Kier alpha value is -5.64. The molecule has 0 saturated carbocycles. The van der Waals surface area contributed by atoms with Gasteiger partial charge in [-0.3, -0.25) is 43.2 Å². The fourth-order valence-electron chi connectivity index (χ4n) is 4.86. The zero-order valence-electron chi connectivity index (χ0n) is 30.5. The van der Waals surface area contributed by atoms with Crippen molar-refractivity contribution in [3.63, 3.8) is 0 Å². The van der Waals surface area contributed by atoms with E-state index in [1.807, 2.05) is 0 Å². The van der Waals surface area contributed by atoms with Crippen LogP contribution in [0, 0.1) is 11.8 Å². The minimum absolute atomic E-state index is 0.0167. The Morgan fingerprint density at radius 1 is 0.722 bits per heavy atom. The highest BCUT2D eigenvalue weighted by Gasteiger charge is 2.34. The number of aromatic amines is 1. The van der Waals surface area contributed by atoms with Crippen LogP contribution < -0.4 is 43.4 Å². The molecule has 7 amide bonds. The molecule has 54 heavy (non-hydrogen) atoms. The van der Waals surface area contributed by atoms with Crippen molar-refractivity contribution in [3.8, 4) is 0 Å². The van der Waals surface area contributed by atoms with Crippen LogP contribution in [0.15, 0.2) is 12.5 Å². The number of primary amides is 1. The number of carbonyl (C=O) groups is 9. The van der Waals surface area contributed by atoms with Crippen molar-refractivity contribution in [1.29, 1.82) is 0 Å². The molecule has 0 bridgehead atoms. The SMILES string of the molecule is CC(C)C[C@H](NC(=O)[C@H](CCC(=O)O)NC(=O)[C@H](Cc1cnc[nH]1)NC(=O)[C@@H](NC(=O)[C@@H](N)CO)C(C)C)C(=O)N[C@@H](CCC(N)=O)C(=O)NCC(=O)O. The van der Waals surface area contributed by atoms with Crippen LogP contribution in [0.3, 0.4) is 0 Å². The number of hydrogen-bond acceptors (Lipinski definition) is 12. The van der Waals surface area contributed by atoms with Crippen LogP contribution in [0.4, 0.5) is 0 Å². The second-order valence-electron chi connectivity index (χ2n) is 13.2. The lowest BCUT2D eigenvalue weighted by Crippen LogP contribution is -2.60. The van der Waals surface area contributed by atoms with Crippen LogP contribution in [-0.2, 0) is 49.6 Å². The average molecular weight is 769 g/mol. The fraction of sp³-hybridized carbons (Fsp3) is 0.625. The lowest BCUT2D eigenvalue weighted by molar-refractivity contribution is -0.139. The molecule has 6 atom stereocenters. The standard InChI is InChI=1S/C32H52N10O12/c1-15(2)9-21(30(52)38-19(5-7-23(34)44)28(50)36-12-25(47)48)40-29(51)20(6-8-24(45)46)39-31(53)22(10-17-11-35-14-37-17)41-32(54)26(16(3)4)42-27(49)18(33)13-43/h11,14-16,18-22,26,43H,5-10,12-13,33H2,1-4H3,(H2,34,44)(H,35,37)(H,36,50)(H,38,52)(H,39,53)(H,40,51)(H,41,54)(H,42,49)(H,45,46)(H,47,48)/t18-,19-,20-,21-,22-,26-/m0/s1. The number of aromatic nitrogens is 2. The van der Waals surface area contributed by atoms with Gasteiger partial charge in [-0.15, -0.1) is 0 Å². The highest BCUT2D eigenvalue weighted by atomic mass is 16.4. The van der Waals surface area contributed by atoms with Gasteiger partial charge in [0.1, 0.15) is 42.8 Å². The summed E-state index contributed by atoms with van der Waals surface area (Å²) in [5, 5.41) is 41.9. The van der Waals surface area contributed by atoms with Crippen molar-refractivity contribution in [2.75, 3.05) is 13.2 Å². The van der Waals surface area contributed by atoms with Gasteiger partial charge in [0.05, 0.1) is 12.9 Å². The second-order valence-corrected chi connectivity index (χ2v) is 13.2. The Bertz CT molecular complexity index is 1470. The summed E-state index contributed by atoms with van der Waals surface area (Å²) in [5.41, 5.74) is 11.1. The molecule has 1 rings (SSSR count). The van der Waals surface area contributed by atoms with Gasteiger partial charge < -0.3 is 63.7 Å². The zero-order valence-corrected chi connectivity index (χ0v) is 30.5. The van der Waals surface area contributed by atoms with Gasteiger partial charge in [0, 0.05) is 31.2 Å². The number of nitrogens with zero attached hydrogens (tertiary/aromatic N) is 1. The van der Waals surface area contributed by atoms with Crippen molar-refractivity contribution in [2.24, 2.45) is 23.3 Å². The summed E-state index contributed by atoms with van der Waals surface area (Å²) < 4.78 is 0. The summed E-state index contributed by atoms with van der Waals surface area (Å²) in [6.45, 7) is 5.17. The first-order chi connectivity index (χ1) is 25.2. The quantitative estimate of drug-likeness (QED) is 0.0448. The van der Waals surface area contributed by atoms with Gasteiger partial charge in [0.2, 0.25) is 41.4 Å². The summed E-state index contributed by atoms with van der Waals surface area (Å²) in [4.78, 5) is 120. The summed E-state index contributed by atoms with van der Waals surface area (Å²) in [7, 11) is 0. The summed E-state index contributed by atoms with van der Waals surface area (Å²) in [6, 6.07) is -8.34. The smallest absolute Gasteiger partial charge is 0.322 e. The number of amides is 7. The third-order valence-corrected chi connectivity index (χ3v) is 7.74. The van der Waals surface area contributed by atoms with E-state index in [-0.39, 0.29) is 31.6 Å². The van der Waals surface area contributed by atoms with E-state index in [1.165, 1.54) is 12.5 Å². The Kier molecular flexibility index (Phi) is 19.9. The maximum absolute atomic E-state index is 13.8. The first-order valence-corrected chi connectivity index (χ1v) is 17.1. The number of carboxylic acids is 2. The highest BCUT2D eigenvalue weighted by molar-refractivity contribution is 5.97. The molecule has 0 fully saturated rings. The largest absolute Gasteiger partial charge is 0.481 e. The monoisotopic (exact) mass is 768 g/mol. The number of H-pyrrole nitrogens is 1. The van der Waals surface area contributed by atoms with Gasteiger partial charge in [-0.25, -0.2) is 4.98 Å². The van der Waals surface area contributed by atoms with Crippen molar-refractivity contribution in [3.05, 3.63) is 18.2 Å². The molecule has 1 aromatic rings. The molecule has 14 N–H and O–H groups in total. The fourth-order valence-corrected chi connectivity index (χ4v) is 4.86. The molecule has 0 unspecified atom stereocenters. The molecule has 0 radical (unpaired) electrons. The van der Waals surface area contributed by atoms with E-state index < -0.39 is 121 Å². The number of aliphatic carboxylic acids is 2. The van der Waals surface area contributed by atoms with E-state index in [2.05, 4.69) is 41.9 Å². The van der Waals surface area contributed by atoms with E-state index in [0.717, 1.165) is 0 Å². The third kappa shape index (κ3) is 17.3. The third-order valence-electron chi connectivity index (χ3n) is 7.74. The highest BCUT2D eigenvalue weighted by Crippen LogP contribution is 2.10. The number of aliphatic hydroxyl groups is 1. The topological polar surface area (TPSA) is 367 Å². The zero-order chi connectivity index (χ0) is 41.1. The normalized spacial score (nSPS) is 14.4. The molecule has 22 nitrogen and oxygen atoms in total. The molecule has 1 heterocycles. The van der Waals surface area contributed by atoms with Crippen LogP contribution in [0.25, 0.3) is 0 Å². The number of hydrogen-bond donors (Lipinski definition) is 12. The molecule has 0 saturated heterocycles. The lowest BCUT2D eigenvalue weighted by Gasteiger charge is -2.28. The minimum atomic E-state index is -1.58. The minimum Gasteiger partial charge on any atom is -0.481 e. The van der Waals surface area contributed by atoms with Crippen molar-refractivity contribution < 1.29 is 58.5 Å². The van der Waals surface area contributed by atoms with E-state index in [0.29, 0.717) is 5.69 Å². The molecule has 302 valence electrons. The first kappa shape index (κ1) is 46.4. The second kappa shape index (κ2) is 23.1. The van der Waals surface area contributed by atoms with Gasteiger partial charge in [-0.2, -0.15) is 0 Å². The predicted octanol–water partition coefficient (Wildman–Crippen LogP) is -4.27. The number of rotatable bonds is 25. The van der Waals surface area contributed by atoms with E-state index in [9.17, 15) is 53.4 Å². The van der Waals surface area contributed by atoms with Crippen molar-refractivity contribution >= 4 is 53.3 Å². The van der Waals surface area contributed by atoms with Crippen LogP contribution in [0.2, 0.25) is 0 Å². The maximum atomic E-state index is 13.8. The number of imidazole rings is 1. The Morgan fingerprint density at radius 2 is 1.26 bits per heavy atom. The number of nitrogens with one attached hydrogen (secondary N) is 7. The van der Waals surface area contributed by atoms with Gasteiger partial charge in [-0.05, 0) is 31.1 Å². The molecule has 0 aromatic carbocycles. The lowest BCUT2D eigenvalue weighted by atomic mass is 10.0. The maximum Gasteiger partial charge on any atom is 0.322 e. The number of carbonyl (C=O) groups excluding carboxylic acids is 7. The molecule has 1 aromatic heterocycles. The first-order valence-electron chi connectivity index (χ1n) is 17.1. The van der Waals surface area contributed by atoms with Crippen molar-refractivity contribution in [1.82, 2.24) is 41.9 Å². The van der Waals surface area contributed by atoms with E-state index >= 15 is 0 Å². The number of aliphatic hydroxyl groups excluding tert-OH is 1. The van der Waals surface area contributed by atoms with Gasteiger partial charge >= 0.3 is 11.9 Å². The molecular formula is C32H52N10O12. The molecule has 0 spiro atoms. The molecule has 0 aliphatic rings. The summed E-state index contributed by atoms with van der Waals surface area (Å²) in [6.07, 6.45) is 0.746. The van der Waals surface area contributed by atoms with E-state index in [1.54, 1.807) is 27.7 Å². The van der Waals surface area contributed by atoms with E-state index in [4.69, 9.17) is 16.6 Å². The Balaban J connectivity index is 3.37. The molecule has 0 aliphatic heterocycles. The van der Waals surface area contributed by atoms with Crippen LogP contribution >= 0.6 is 0 Å². The molecular weight excluding hydrogens is 716 g/mol. The van der Waals surface area contributed by atoms with Gasteiger partial charge in [0.15, 0.2) is 0 Å². The van der Waals surface area contributed by atoms with Crippen LogP contribution in [0.5, 0.6) is 0 Å². The molecule has 22 heteroatoms.